The molecule has 0 aliphatic heterocycles. The molecular formula is C24H21BNa-. The summed E-state index contributed by atoms with van der Waals surface area (Å²) in [5.74, 6) is 0. The Kier molecular flexibility index (Phi) is 6.16. The largest absolute Gasteiger partial charge is 1.00 e. The Bertz CT molecular complexity index is 765. The molecule has 0 fully saturated rings. The Labute approximate surface area is 179 Å². The molecule has 0 aliphatic rings. The fourth-order valence-corrected chi connectivity index (χ4v) is 4.12. The van der Waals surface area contributed by atoms with Crippen molar-refractivity contribution in [3.05, 3.63) is 121 Å². The van der Waals surface area contributed by atoms with Crippen LogP contribution in [0.3, 0.4) is 0 Å². The number of benzene rings is 4. The molecule has 4 rings (SSSR count). The van der Waals surface area contributed by atoms with Gasteiger partial charge in [0.25, 0.3) is 0 Å². The second-order valence-electron chi connectivity index (χ2n) is 6.51. The Morgan fingerprint density at radius 2 is 0.538 bits per heavy atom. The van der Waals surface area contributed by atoms with Gasteiger partial charge in [-0.1, -0.05) is 121 Å². The van der Waals surface area contributed by atoms with Crippen LogP contribution in [0.5, 0.6) is 0 Å². The fourth-order valence-electron chi connectivity index (χ4n) is 4.12. The molecule has 0 nitrogen and oxygen atoms in total. The quantitative estimate of drug-likeness (QED) is 0.464. The third-order valence-corrected chi connectivity index (χ3v) is 5.20. The molecular weight excluding hydrogens is 322 g/mol. The third-order valence-electron chi connectivity index (χ3n) is 5.20. The molecule has 0 amide bonds. The van der Waals surface area contributed by atoms with Gasteiger partial charge in [-0.3, -0.25) is 0 Å². The summed E-state index contributed by atoms with van der Waals surface area (Å²) in [6.07, 6.45) is -1.22. The molecule has 0 aliphatic carbocycles. The van der Waals surface area contributed by atoms with Crippen molar-refractivity contribution < 1.29 is 31.0 Å². The summed E-state index contributed by atoms with van der Waals surface area (Å²) < 4.78 is 0. The van der Waals surface area contributed by atoms with Crippen molar-refractivity contribution >= 4 is 28.0 Å². The van der Waals surface area contributed by atoms with Crippen molar-refractivity contribution in [3.63, 3.8) is 0 Å². The zero-order valence-electron chi connectivity index (χ0n) is 16.1. The summed E-state index contributed by atoms with van der Waals surface area (Å²) in [4.78, 5) is 0. The van der Waals surface area contributed by atoms with Gasteiger partial charge in [0.05, 0.1) is 0 Å². The van der Waals surface area contributed by atoms with E-state index in [-0.39, 0.29) is 31.0 Å². The minimum atomic E-state index is -1.22. The second kappa shape index (κ2) is 8.55. The number of rotatable bonds is 4. The van der Waals surface area contributed by atoms with Crippen molar-refractivity contribution in [2.24, 2.45) is 0 Å². The zero-order chi connectivity index (χ0) is 17.0. The molecule has 0 heterocycles. The predicted octanol–water partition coefficient (Wildman–Crippen LogP) is 0.181. The molecule has 26 heavy (non-hydrogen) atoms. The van der Waals surface area contributed by atoms with Crippen LogP contribution in [0.15, 0.2) is 121 Å². The fraction of sp³-hybridized carbons (Fsp3) is 0. The van der Waals surface area contributed by atoms with Crippen molar-refractivity contribution in [2.75, 3.05) is 0 Å². The minimum absolute atomic E-state index is 0. The summed E-state index contributed by atoms with van der Waals surface area (Å²) in [6, 6.07) is 43.5. The van der Waals surface area contributed by atoms with Crippen molar-refractivity contribution in [2.45, 2.75) is 0 Å². The standard InChI is InChI=1S/C24H20B.Na.H/c1-5-13-21(14-6-1)25(22-15-7-2-8-16-22,23-17-9-3-10-18-23)24-19-11-4-12-20-24;;/h1-20H;;/q-1;+1;-1. The van der Waals surface area contributed by atoms with Crippen molar-refractivity contribution in [1.29, 1.82) is 0 Å². The SMILES string of the molecule is [H-].[Na+].c1ccc([B-](c2ccccc2)(c2ccccc2)c2ccccc2)cc1. The third kappa shape index (κ3) is 3.31. The van der Waals surface area contributed by atoms with Gasteiger partial charge in [-0.25, -0.2) is 0 Å². The smallest absolute Gasteiger partial charge is 1.00 e. The predicted molar refractivity (Wildman–Crippen MR) is 111 cm³/mol. The van der Waals surface area contributed by atoms with Gasteiger partial charge in [0, 0.05) is 0 Å². The van der Waals surface area contributed by atoms with Crippen LogP contribution in [-0.4, -0.2) is 6.15 Å². The molecule has 0 saturated heterocycles. The Morgan fingerprint density at radius 3 is 0.731 bits per heavy atom. The van der Waals surface area contributed by atoms with Gasteiger partial charge in [0.15, 0.2) is 0 Å². The van der Waals surface area contributed by atoms with Crippen LogP contribution in [0.25, 0.3) is 0 Å². The second-order valence-corrected chi connectivity index (χ2v) is 6.51. The monoisotopic (exact) mass is 343 g/mol. The maximum Gasteiger partial charge on any atom is 1.00 e. The van der Waals surface area contributed by atoms with Crippen LogP contribution < -0.4 is 51.4 Å². The van der Waals surface area contributed by atoms with Crippen LogP contribution in [0.4, 0.5) is 0 Å². The van der Waals surface area contributed by atoms with Crippen LogP contribution in [0, 0.1) is 0 Å². The maximum absolute atomic E-state index is 2.26. The first-order valence-corrected chi connectivity index (χ1v) is 8.80. The van der Waals surface area contributed by atoms with E-state index in [2.05, 4.69) is 121 Å². The Balaban J connectivity index is 0.00000131. The minimum Gasteiger partial charge on any atom is -1.00 e. The molecule has 0 spiro atoms. The number of hydrogen-bond acceptors (Lipinski definition) is 0. The van der Waals surface area contributed by atoms with Crippen LogP contribution in [-0.2, 0) is 0 Å². The first kappa shape index (κ1) is 18.7. The van der Waals surface area contributed by atoms with E-state index in [1.807, 2.05) is 0 Å². The van der Waals surface area contributed by atoms with E-state index in [0.29, 0.717) is 0 Å². The summed E-state index contributed by atoms with van der Waals surface area (Å²) >= 11 is 0. The summed E-state index contributed by atoms with van der Waals surface area (Å²) in [5.41, 5.74) is 5.36. The van der Waals surface area contributed by atoms with E-state index in [1.165, 1.54) is 21.9 Å². The van der Waals surface area contributed by atoms with Gasteiger partial charge in [-0.05, 0) is 0 Å². The maximum atomic E-state index is 2.26. The zero-order valence-corrected chi connectivity index (χ0v) is 17.1. The molecule has 0 saturated carbocycles. The van der Waals surface area contributed by atoms with Crippen molar-refractivity contribution in [1.82, 2.24) is 0 Å². The van der Waals surface area contributed by atoms with Gasteiger partial charge in [-0.2, -0.15) is 21.9 Å². The van der Waals surface area contributed by atoms with E-state index in [9.17, 15) is 0 Å². The summed E-state index contributed by atoms with van der Waals surface area (Å²) in [6.45, 7) is 0. The van der Waals surface area contributed by atoms with E-state index < -0.39 is 6.15 Å². The molecule has 4 aromatic rings. The molecule has 122 valence electrons. The van der Waals surface area contributed by atoms with Crippen LogP contribution >= 0.6 is 0 Å². The Morgan fingerprint density at radius 1 is 0.346 bits per heavy atom. The van der Waals surface area contributed by atoms with E-state index in [4.69, 9.17) is 0 Å². The first-order chi connectivity index (χ1) is 12.4. The van der Waals surface area contributed by atoms with Gasteiger partial charge < -0.3 is 1.43 Å². The Hall–Kier alpha value is -2.06. The van der Waals surface area contributed by atoms with Gasteiger partial charge in [0.1, 0.15) is 6.15 Å². The van der Waals surface area contributed by atoms with E-state index in [0.717, 1.165) is 0 Å². The van der Waals surface area contributed by atoms with Gasteiger partial charge >= 0.3 is 29.6 Å². The average Bonchev–Trinajstić information content (AvgIpc) is 2.72. The first-order valence-electron chi connectivity index (χ1n) is 8.80. The molecule has 0 bridgehead atoms. The molecule has 0 unspecified atom stereocenters. The van der Waals surface area contributed by atoms with E-state index >= 15 is 0 Å². The molecule has 0 atom stereocenters. The molecule has 0 radical (unpaired) electrons. The van der Waals surface area contributed by atoms with Crippen LogP contribution in [0.2, 0.25) is 0 Å². The average molecular weight is 343 g/mol. The topological polar surface area (TPSA) is 0 Å². The summed E-state index contributed by atoms with van der Waals surface area (Å²) in [5, 5.41) is 0. The summed E-state index contributed by atoms with van der Waals surface area (Å²) in [7, 11) is 0. The van der Waals surface area contributed by atoms with Crippen molar-refractivity contribution in [3.8, 4) is 0 Å². The number of hydrogen-bond donors (Lipinski definition) is 0. The molecule has 0 aromatic heterocycles. The molecule has 0 N–H and O–H groups in total. The normalized spacial score (nSPS) is 10.8. The van der Waals surface area contributed by atoms with Gasteiger partial charge in [0.2, 0.25) is 0 Å². The molecule has 4 aromatic carbocycles. The van der Waals surface area contributed by atoms with E-state index in [1.54, 1.807) is 0 Å². The molecule has 2 heteroatoms. The van der Waals surface area contributed by atoms with Crippen LogP contribution in [0.1, 0.15) is 1.43 Å². The van der Waals surface area contributed by atoms with Gasteiger partial charge in [-0.15, -0.1) is 0 Å².